The zero-order chi connectivity index (χ0) is 13.4. The van der Waals surface area contributed by atoms with Crippen LogP contribution in [-0.2, 0) is 0 Å². The quantitative estimate of drug-likeness (QED) is 0.885. The van der Waals surface area contributed by atoms with Gasteiger partial charge in [-0.15, -0.1) is 0 Å². The van der Waals surface area contributed by atoms with Crippen LogP contribution in [0.25, 0.3) is 0 Å². The summed E-state index contributed by atoms with van der Waals surface area (Å²) in [5.41, 5.74) is 1.86. The van der Waals surface area contributed by atoms with E-state index in [1.807, 2.05) is 18.2 Å². The molecule has 3 unspecified atom stereocenters. The maximum Gasteiger partial charge on any atom is 0.124 e. The number of benzene rings is 2. The molecule has 0 saturated heterocycles. The van der Waals surface area contributed by atoms with Crippen LogP contribution >= 0.6 is 11.6 Å². The van der Waals surface area contributed by atoms with Crippen LogP contribution < -0.4 is 0 Å². The van der Waals surface area contributed by atoms with Crippen LogP contribution in [0.15, 0.2) is 48.5 Å². The highest BCUT2D eigenvalue weighted by atomic mass is 35.5. The molecule has 0 radical (unpaired) electrons. The van der Waals surface area contributed by atoms with E-state index >= 15 is 0 Å². The molecule has 0 aromatic heterocycles. The number of halogens is 2. The van der Waals surface area contributed by atoms with Crippen molar-refractivity contribution >= 4 is 11.6 Å². The van der Waals surface area contributed by atoms with E-state index in [1.54, 1.807) is 6.07 Å². The number of hydrogen-bond donors (Lipinski definition) is 1. The van der Waals surface area contributed by atoms with E-state index in [2.05, 4.69) is 12.1 Å². The summed E-state index contributed by atoms with van der Waals surface area (Å²) >= 11 is 5.99. The third kappa shape index (κ3) is 2.51. The lowest BCUT2D eigenvalue weighted by molar-refractivity contribution is 0.151. The zero-order valence-corrected chi connectivity index (χ0v) is 11.0. The standard InChI is InChI=1S/C16H14ClFO/c17-15-8-11(18)6-7-12(15)16(19)14-9-13(14)10-4-2-1-3-5-10/h1-8,13-14,16,19H,9H2. The molecule has 1 aliphatic carbocycles. The highest BCUT2D eigenvalue weighted by Crippen LogP contribution is 2.54. The van der Waals surface area contributed by atoms with E-state index in [0.717, 1.165) is 6.42 Å². The summed E-state index contributed by atoms with van der Waals surface area (Å²) in [6, 6.07) is 14.3. The lowest BCUT2D eigenvalue weighted by atomic mass is 10.0. The first-order chi connectivity index (χ1) is 9.16. The predicted octanol–water partition coefficient (Wildman–Crippen LogP) is 4.32. The van der Waals surface area contributed by atoms with Gasteiger partial charge in [-0.25, -0.2) is 4.39 Å². The first-order valence-corrected chi connectivity index (χ1v) is 6.72. The SMILES string of the molecule is OC(c1ccc(F)cc1Cl)C1CC1c1ccccc1. The molecule has 19 heavy (non-hydrogen) atoms. The van der Waals surface area contributed by atoms with Crippen molar-refractivity contribution in [1.29, 1.82) is 0 Å². The largest absolute Gasteiger partial charge is 0.388 e. The van der Waals surface area contributed by atoms with Gasteiger partial charge in [-0.1, -0.05) is 48.0 Å². The second-order valence-corrected chi connectivity index (χ2v) is 5.43. The summed E-state index contributed by atoms with van der Waals surface area (Å²) in [4.78, 5) is 0. The van der Waals surface area contributed by atoms with Gasteiger partial charge in [-0.3, -0.25) is 0 Å². The van der Waals surface area contributed by atoms with Crippen LogP contribution in [0.5, 0.6) is 0 Å². The Bertz CT molecular complexity index is 585. The van der Waals surface area contributed by atoms with Gasteiger partial charge in [-0.2, -0.15) is 0 Å². The minimum Gasteiger partial charge on any atom is -0.388 e. The molecular weight excluding hydrogens is 263 g/mol. The summed E-state index contributed by atoms with van der Waals surface area (Å²) in [6.45, 7) is 0. The molecule has 3 atom stereocenters. The fourth-order valence-electron chi connectivity index (χ4n) is 2.62. The number of aliphatic hydroxyl groups excluding tert-OH is 1. The maximum absolute atomic E-state index is 13.0. The number of rotatable bonds is 3. The van der Waals surface area contributed by atoms with Gasteiger partial charge in [0.25, 0.3) is 0 Å². The normalized spacial score (nSPS) is 23.1. The van der Waals surface area contributed by atoms with E-state index in [4.69, 9.17) is 11.6 Å². The minimum absolute atomic E-state index is 0.172. The Labute approximate surface area is 116 Å². The summed E-state index contributed by atoms with van der Waals surface area (Å²) in [7, 11) is 0. The second kappa shape index (κ2) is 4.95. The molecule has 1 N–H and O–H groups in total. The molecule has 98 valence electrons. The van der Waals surface area contributed by atoms with Crippen LogP contribution in [-0.4, -0.2) is 5.11 Å². The van der Waals surface area contributed by atoms with Crippen LogP contribution in [0.1, 0.15) is 29.6 Å². The fourth-order valence-corrected chi connectivity index (χ4v) is 2.90. The van der Waals surface area contributed by atoms with Crippen molar-refractivity contribution in [3.63, 3.8) is 0 Å². The Balaban J connectivity index is 1.78. The van der Waals surface area contributed by atoms with Gasteiger partial charge in [0.05, 0.1) is 6.10 Å². The zero-order valence-electron chi connectivity index (χ0n) is 10.3. The third-order valence-corrected chi connectivity index (χ3v) is 4.08. The lowest BCUT2D eigenvalue weighted by Crippen LogP contribution is -2.02. The Morgan fingerprint density at radius 2 is 1.89 bits per heavy atom. The van der Waals surface area contributed by atoms with Gasteiger partial charge in [0.15, 0.2) is 0 Å². The predicted molar refractivity (Wildman–Crippen MR) is 73.7 cm³/mol. The minimum atomic E-state index is -0.627. The molecule has 1 saturated carbocycles. The van der Waals surface area contributed by atoms with E-state index in [1.165, 1.54) is 17.7 Å². The van der Waals surface area contributed by atoms with Gasteiger partial charge in [0.2, 0.25) is 0 Å². The second-order valence-electron chi connectivity index (χ2n) is 5.03. The molecule has 3 heteroatoms. The first kappa shape index (κ1) is 12.6. The van der Waals surface area contributed by atoms with Gasteiger partial charge < -0.3 is 5.11 Å². The molecule has 3 rings (SSSR count). The van der Waals surface area contributed by atoms with E-state index in [0.29, 0.717) is 16.5 Å². The molecule has 0 bridgehead atoms. The average molecular weight is 277 g/mol. The third-order valence-electron chi connectivity index (χ3n) is 3.75. The van der Waals surface area contributed by atoms with Crippen LogP contribution in [0.4, 0.5) is 4.39 Å². The van der Waals surface area contributed by atoms with Crippen LogP contribution in [0.2, 0.25) is 5.02 Å². The average Bonchev–Trinajstić information content (AvgIpc) is 3.19. The van der Waals surface area contributed by atoms with Gasteiger partial charge in [0.1, 0.15) is 5.82 Å². The summed E-state index contributed by atoms with van der Waals surface area (Å²) < 4.78 is 13.0. The molecule has 1 nitrogen and oxygen atoms in total. The lowest BCUT2D eigenvalue weighted by Gasteiger charge is -2.12. The van der Waals surface area contributed by atoms with E-state index < -0.39 is 6.10 Å². The number of hydrogen-bond acceptors (Lipinski definition) is 1. The molecule has 0 amide bonds. The molecule has 0 spiro atoms. The van der Waals surface area contributed by atoms with E-state index in [-0.39, 0.29) is 11.7 Å². The topological polar surface area (TPSA) is 20.2 Å². The first-order valence-electron chi connectivity index (χ1n) is 6.35. The number of aliphatic hydroxyl groups is 1. The van der Waals surface area contributed by atoms with Crippen molar-refractivity contribution in [1.82, 2.24) is 0 Å². The Morgan fingerprint density at radius 1 is 1.16 bits per heavy atom. The van der Waals surface area contributed by atoms with E-state index in [9.17, 15) is 9.50 Å². The Kier molecular flexibility index (Phi) is 3.29. The summed E-state index contributed by atoms with van der Waals surface area (Å²) in [5, 5.41) is 10.7. The molecule has 0 heterocycles. The Hall–Kier alpha value is -1.38. The van der Waals surface area contributed by atoms with Crippen molar-refractivity contribution in [3.05, 3.63) is 70.5 Å². The molecular formula is C16H14ClFO. The fraction of sp³-hybridized carbons (Fsp3) is 0.250. The molecule has 2 aromatic rings. The van der Waals surface area contributed by atoms with Gasteiger partial charge in [0, 0.05) is 5.02 Å². The van der Waals surface area contributed by atoms with Gasteiger partial charge >= 0.3 is 0 Å². The summed E-state index contributed by atoms with van der Waals surface area (Å²) in [6.07, 6.45) is 0.317. The molecule has 1 aliphatic rings. The van der Waals surface area contributed by atoms with Crippen molar-refractivity contribution < 1.29 is 9.50 Å². The molecule has 2 aromatic carbocycles. The van der Waals surface area contributed by atoms with Crippen LogP contribution in [0.3, 0.4) is 0 Å². The highest BCUT2D eigenvalue weighted by molar-refractivity contribution is 6.31. The maximum atomic E-state index is 13.0. The van der Waals surface area contributed by atoms with Crippen LogP contribution in [0, 0.1) is 11.7 Å². The molecule has 1 fully saturated rings. The Morgan fingerprint density at radius 3 is 2.58 bits per heavy atom. The van der Waals surface area contributed by atoms with Crippen molar-refractivity contribution in [2.24, 2.45) is 5.92 Å². The summed E-state index contributed by atoms with van der Waals surface area (Å²) in [5.74, 6) is 0.166. The smallest absolute Gasteiger partial charge is 0.124 e. The van der Waals surface area contributed by atoms with Crippen molar-refractivity contribution in [2.75, 3.05) is 0 Å². The monoisotopic (exact) mass is 276 g/mol. The van der Waals surface area contributed by atoms with Crippen molar-refractivity contribution in [2.45, 2.75) is 18.4 Å². The highest BCUT2D eigenvalue weighted by Gasteiger charge is 2.44. The molecule has 0 aliphatic heterocycles. The van der Waals surface area contributed by atoms with Crippen molar-refractivity contribution in [3.8, 4) is 0 Å². The van der Waals surface area contributed by atoms with Gasteiger partial charge in [-0.05, 0) is 41.5 Å².